The quantitative estimate of drug-likeness (QED) is 0.143. The summed E-state index contributed by atoms with van der Waals surface area (Å²) in [6, 6.07) is 171. The molecule has 0 saturated carbocycles. The lowest BCUT2D eigenvalue weighted by Gasteiger charge is -2.48. The minimum absolute atomic E-state index is 0.524. The smallest absolute Gasteiger partial charge is 0.164 e. The molecule has 0 unspecified atom stereocenters. The monoisotopic (exact) mass is 1670 g/mol. The largest absolute Gasteiger partial charge is 0.208 e. The highest BCUT2D eigenvalue weighted by molar-refractivity contribution is 6.10. The SMILES string of the molecule is c1ccc(-c2nc(-c3ccc(-c4cccc5c4-c4ccccc4C54c5ccccc5C5(c6ccccc6-c6c(-c7ccc(-c8nc(-c9ccccc9)nc(-c9ccccc9)n8)c8ccccc78)cccc65)c5ccccc54)cc3)nc(-c3cccc4cc(-c5cccc6c5-c5ccccc5C65c6ccccc6C6(c7ccccc7-c7ccccc76)c6ccccc65)ccc34)n2)cc1. The average Bonchev–Trinajstić information content (AvgIpc) is 1.48. The van der Waals surface area contributed by atoms with Gasteiger partial charge in [0.1, 0.15) is 0 Å². The molecule has 0 saturated heterocycles. The minimum atomic E-state index is -0.718. The third-order valence-electron chi connectivity index (χ3n) is 29.8. The lowest BCUT2D eigenvalue weighted by Crippen LogP contribution is -2.43. The molecule has 28 rings (SSSR count). The first-order valence-electron chi connectivity index (χ1n) is 45.6. The summed E-state index contributed by atoms with van der Waals surface area (Å²) < 4.78 is 0. The van der Waals surface area contributed by atoms with E-state index < -0.39 is 21.7 Å². The Hall–Kier alpha value is -17.1. The molecular formula is C126H76N6. The zero-order valence-electron chi connectivity index (χ0n) is 71.6. The Morgan fingerprint density at radius 3 is 0.765 bits per heavy atom. The molecule has 6 nitrogen and oxygen atoms in total. The second-order valence-electron chi connectivity index (χ2n) is 35.8. The van der Waals surface area contributed by atoms with E-state index in [9.17, 15) is 0 Å². The molecule has 2 aromatic heterocycles. The minimum Gasteiger partial charge on any atom is -0.208 e. The maximum Gasteiger partial charge on any atom is 0.164 e. The fourth-order valence-corrected chi connectivity index (χ4v) is 24.8. The third-order valence-corrected chi connectivity index (χ3v) is 29.8. The van der Waals surface area contributed by atoms with Crippen molar-refractivity contribution in [3.05, 3.63) is 550 Å². The molecule has 0 aliphatic heterocycles. The number of nitrogens with zero attached hydrogens (tertiary/aromatic N) is 6. The van der Waals surface area contributed by atoms with Crippen molar-refractivity contribution in [3.8, 4) is 146 Å². The lowest BCUT2D eigenvalue weighted by molar-refractivity contribution is 0.633. The van der Waals surface area contributed by atoms with Crippen molar-refractivity contribution in [2.24, 2.45) is 0 Å². The standard InChI is InChI=1S/C126H76N6/c1-4-34-78(35-5-1)117-127-118(79-36-6-2-7-37-79)131-122(130-117)94-75-74-89(87-41-10-11-42-88(87)94)92-50-33-67-113-116(92)97-47-16-21-56-102(97)126(113)109-63-28-26-61-107(109)125(108-62-27-29-64-110(108)126)100-54-19-14-45-95(100)114-85(48-31-65-111(114)125)77-68-70-81(71-69-77)120-128-119(80-38-8-3-9-39-80)129-121(132-120)93-51-30-40-82-76-83(72-73-84(82)93)86-49-32-66-112-115(86)96-46-15-20-55-101(96)124(112)105-59-24-22-57-103(105)123(104-58-23-25-60-106(104)124)98-52-17-12-43-90(98)91-44-13-18-53-99(91)123/h1-76H. The summed E-state index contributed by atoms with van der Waals surface area (Å²) in [5.74, 6) is 3.68. The molecule has 6 heteroatoms. The number of hydrogen-bond acceptors (Lipinski definition) is 6. The van der Waals surface area contributed by atoms with Gasteiger partial charge in [-0.1, -0.05) is 449 Å². The van der Waals surface area contributed by atoms with Gasteiger partial charge in [0.15, 0.2) is 34.9 Å². The fraction of sp³-hybridized carbons (Fsp3) is 0.0317. The zero-order chi connectivity index (χ0) is 86.5. The van der Waals surface area contributed by atoms with Crippen molar-refractivity contribution in [2.45, 2.75) is 21.7 Å². The number of hydrogen-bond donors (Lipinski definition) is 0. The van der Waals surface area contributed by atoms with Crippen LogP contribution in [-0.2, 0) is 21.7 Å². The Morgan fingerprint density at radius 2 is 0.364 bits per heavy atom. The summed E-state index contributed by atoms with van der Waals surface area (Å²) >= 11 is 0. The maximum atomic E-state index is 5.53. The van der Waals surface area contributed by atoms with E-state index in [0.717, 1.165) is 77.2 Å². The van der Waals surface area contributed by atoms with E-state index in [1.807, 2.05) is 42.5 Å². The van der Waals surface area contributed by atoms with Gasteiger partial charge in [-0.25, -0.2) is 29.9 Å². The first-order chi connectivity index (χ1) is 65.5. The highest BCUT2D eigenvalue weighted by atomic mass is 15.0. The van der Waals surface area contributed by atoms with E-state index in [1.54, 1.807) is 0 Å². The molecule has 4 spiro atoms. The Balaban J connectivity index is 0.550. The molecule has 6 aliphatic rings. The van der Waals surface area contributed by atoms with Crippen LogP contribution >= 0.6 is 0 Å². The van der Waals surface area contributed by atoms with E-state index in [4.69, 9.17) is 29.9 Å². The van der Waals surface area contributed by atoms with Gasteiger partial charge in [-0.15, -0.1) is 0 Å². The van der Waals surface area contributed by atoms with Gasteiger partial charge in [0.2, 0.25) is 0 Å². The van der Waals surface area contributed by atoms with Gasteiger partial charge in [0, 0.05) is 33.4 Å². The molecular weight excluding hydrogens is 1600 g/mol. The zero-order valence-corrected chi connectivity index (χ0v) is 71.6. The van der Waals surface area contributed by atoms with Crippen LogP contribution in [0.25, 0.3) is 168 Å². The first kappa shape index (κ1) is 74.1. The summed E-state index contributed by atoms with van der Waals surface area (Å²) in [7, 11) is 0. The van der Waals surface area contributed by atoms with Crippen LogP contribution in [0.1, 0.15) is 89.0 Å². The molecule has 22 aromatic rings. The van der Waals surface area contributed by atoms with Gasteiger partial charge >= 0.3 is 0 Å². The van der Waals surface area contributed by atoms with Gasteiger partial charge < -0.3 is 0 Å². The normalized spacial score (nSPS) is 14.2. The van der Waals surface area contributed by atoms with E-state index in [2.05, 4.69) is 419 Å². The van der Waals surface area contributed by atoms with Crippen molar-refractivity contribution < 1.29 is 0 Å². The second kappa shape index (κ2) is 28.2. The van der Waals surface area contributed by atoms with Gasteiger partial charge in [-0.2, -0.15) is 0 Å². The molecule has 132 heavy (non-hydrogen) atoms. The Labute approximate surface area is 764 Å². The van der Waals surface area contributed by atoms with Gasteiger partial charge in [-0.05, 0) is 201 Å². The summed E-state index contributed by atoms with van der Waals surface area (Å²) in [6.45, 7) is 0. The molecule has 0 atom stereocenters. The van der Waals surface area contributed by atoms with Crippen LogP contribution in [0.3, 0.4) is 0 Å². The molecule has 0 fully saturated rings. The summed E-state index contributed by atoms with van der Waals surface area (Å²) in [5, 5.41) is 4.32. The van der Waals surface area contributed by atoms with E-state index >= 15 is 0 Å². The van der Waals surface area contributed by atoms with Gasteiger partial charge in [0.05, 0.1) is 21.7 Å². The van der Waals surface area contributed by atoms with Gasteiger partial charge in [-0.3, -0.25) is 0 Å². The first-order valence-corrected chi connectivity index (χ1v) is 45.6. The van der Waals surface area contributed by atoms with Crippen LogP contribution in [0.15, 0.2) is 461 Å². The summed E-state index contributed by atoms with van der Waals surface area (Å²) in [6.07, 6.45) is 0. The van der Waals surface area contributed by atoms with Crippen LogP contribution in [0.5, 0.6) is 0 Å². The molecule has 610 valence electrons. The molecule has 6 aliphatic carbocycles. The average molecular weight is 1670 g/mol. The lowest BCUT2D eigenvalue weighted by atomic mass is 9.52. The van der Waals surface area contributed by atoms with Crippen molar-refractivity contribution >= 4 is 21.5 Å². The summed E-state index contributed by atoms with van der Waals surface area (Å²) in [4.78, 5) is 31.9. The van der Waals surface area contributed by atoms with Crippen LogP contribution in [0, 0.1) is 0 Å². The number of fused-ring (bicyclic) bond motifs is 34. The molecule has 20 aromatic carbocycles. The van der Waals surface area contributed by atoms with E-state index in [0.29, 0.717) is 34.9 Å². The summed E-state index contributed by atoms with van der Waals surface area (Å²) in [5.41, 5.74) is 40.5. The van der Waals surface area contributed by atoms with Crippen LogP contribution < -0.4 is 0 Å². The third kappa shape index (κ3) is 9.96. The number of rotatable bonds is 9. The van der Waals surface area contributed by atoms with Crippen LogP contribution in [-0.4, -0.2) is 29.9 Å². The van der Waals surface area contributed by atoms with Crippen molar-refractivity contribution in [1.29, 1.82) is 0 Å². The van der Waals surface area contributed by atoms with E-state index in [1.165, 1.54) is 145 Å². The molecule has 0 amide bonds. The Bertz CT molecular complexity index is 8470. The fourth-order valence-electron chi connectivity index (χ4n) is 24.8. The van der Waals surface area contributed by atoms with E-state index in [-0.39, 0.29) is 0 Å². The topological polar surface area (TPSA) is 77.3 Å². The predicted octanol–water partition coefficient (Wildman–Crippen LogP) is 29.4. The van der Waals surface area contributed by atoms with Gasteiger partial charge in [0.25, 0.3) is 0 Å². The number of benzene rings is 20. The molecule has 0 bridgehead atoms. The Kier molecular flexibility index (Phi) is 15.8. The molecule has 0 radical (unpaired) electrons. The van der Waals surface area contributed by atoms with Crippen molar-refractivity contribution in [1.82, 2.24) is 29.9 Å². The van der Waals surface area contributed by atoms with Crippen LogP contribution in [0.2, 0.25) is 0 Å². The van der Waals surface area contributed by atoms with Crippen molar-refractivity contribution in [2.75, 3.05) is 0 Å². The Morgan fingerprint density at radius 1 is 0.121 bits per heavy atom. The highest BCUT2D eigenvalue weighted by Gasteiger charge is 2.62. The molecule has 2 heterocycles. The predicted molar refractivity (Wildman–Crippen MR) is 533 cm³/mol. The number of aromatic nitrogens is 6. The molecule has 0 N–H and O–H groups in total. The van der Waals surface area contributed by atoms with Crippen LogP contribution in [0.4, 0.5) is 0 Å². The van der Waals surface area contributed by atoms with Crippen molar-refractivity contribution in [3.63, 3.8) is 0 Å². The maximum absolute atomic E-state index is 5.53. The second-order valence-corrected chi connectivity index (χ2v) is 35.8. The highest BCUT2D eigenvalue weighted by Crippen LogP contribution is 2.71.